The quantitative estimate of drug-likeness (QED) is 0.762. The monoisotopic (exact) mass is 296 g/mol. The Balaban J connectivity index is 2.74. The van der Waals surface area contributed by atoms with E-state index in [0.29, 0.717) is 0 Å². The molecular weight excluding hydrogens is 276 g/mol. The van der Waals surface area contributed by atoms with Crippen molar-refractivity contribution in [1.82, 2.24) is 0 Å². The second kappa shape index (κ2) is 5.81. The first kappa shape index (κ1) is 14.4. The lowest BCUT2D eigenvalue weighted by Crippen LogP contribution is -2.30. The van der Waals surface area contributed by atoms with E-state index in [9.17, 15) is 4.79 Å². The van der Waals surface area contributed by atoms with Crippen molar-refractivity contribution in [3.05, 3.63) is 35.4 Å². The number of carbonyl (C=O) groups is 1. The number of carbonyl (C=O) groups excluding carboxylic acids is 1. The number of rotatable bonds is 4. The highest BCUT2D eigenvalue weighted by Gasteiger charge is 2.27. The zero-order valence-electron chi connectivity index (χ0n) is 11.1. The lowest BCUT2D eigenvalue weighted by Gasteiger charge is -2.20. The molecule has 0 heterocycles. The lowest BCUT2D eigenvalue weighted by molar-refractivity contribution is -0.125. The van der Waals surface area contributed by atoms with E-state index < -0.39 is 0 Å². The maximum Gasteiger partial charge on any atom is 0.152 e. The number of hydrogen-bond donors (Lipinski definition) is 0. The standard InChI is InChI=1S/C15H21BrO/c1-5-11-7-6-8-12(9-11)10-13(16)14(17)15(2,3)4/h6-9,13H,5,10H2,1-4H3. The van der Waals surface area contributed by atoms with Crippen molar-refractivity contribution in [2.45, 2.75) is 45.4 Å². The Morgan fingerprint density at radius 1 is 1.29 bits per heavy atom. The molecule has 1 atom stereocenters. The fourth-order valence-corrected chi connectivity index (χ4v) is 2.81. The van der Waals surface area contributed by atoms with E-state index in [0.717, 1.165) is 12.8 Å². The molecule has 1 aromatic rings. The fraction of sp³-hybridized carbons (Fsp3) is 0.533. The van der Waals surface area contributed by atoms with Crippen LogP contribution in [-0.2, 0) is 17.6 Å². The van der Waals surface area contributed by atoms with Crippen LogP contribution >= 0.6 is 15.9 Å². The van der Waals surface area contributed by atoms with Gasteiger partial charge in [0.15, 0.2) is 5.78 Å². The van der Waals surface area contributed by atoms with Crippen molar-refractivity contribution < 1.29 is 4.79 Å². The number of Topliss-reactive ketones (excluding diaryl/α,β-unsaturated/α-hetero) is 1. The van der Waals surface area contributed by atoms with E-state index in [1.165, 1.54) is 11.1 Å². The molecule has 0 N–H and O–H groups in total. The molecule has 0 bridgehead atoms. The molecule has 0 fully saturated rings. The minimum absolute atomic E-state index is 0.0883. The van der Waals surface area contributed by atoms with E-state index in [-0.39, 0.29) is 16.0 Å². The highest BCUT2D eigenvalue weighted by molar-refractivity contribution is 9.10. The van der Waals surface area contributed by atoms with Crippen LogP contribution < -0.4 is 0 Å². The SMILES string of the molecule is CCc1cccc(CC(Br)C(=O)C(C)(C)C)c1. The van der Waals surface area contributed by atoms with Gasteiger partial charge in [0.1, 0.15) is 0 Å². The normalized spacial score (nSPS) is 13.5. The topological polar surface area (TPSA) is 17.1 Å². The zero-order valence-corrected chi connectivity index (χ0v) is 12.7. The third-order valence-electron chi connectivity index (χ3n) is 2.84. The first-order valence-electron chi connectivity index (χ1n) is 6.10. The first-order valence-corrected chi connectivity index (χ1v) is 7.02. The summed E-state index contributed by atoms with van der Waals surface area (Å²) >= 11 is 3.51. The van der Waals surface area contributed by atoms with Gasteiger partial charge in [-0.25, -0.2) is 0 Å². The number of halogens is 1. The Morgan fingerprint density at radius 2 is 1.88 bits per heavy atom. The van der Waals surface area contributed by atoms with Crippen LogP contribution in [0.3, 0.4) is 0 Å². The van der Waals surface area contributed by atoms with Crippen LogP contribution in [0.5, 0.6) is 0 Å². The molecule has 0 amide bonds. The predicted octanol–water partition coefficient (Wildman–Crippen LogP) is 4.17. The molecular formula is C15H21BrO. The van der Waals surface area contributed by atoms with Crippen LogP contribution in [0.1, 0.15) is 38.8 Å². The van der Waals surface area contributed by atoms with Gasteiger partial charge in [-0.1, -0.05) is 67.9 Å². The Labute approximate surface area is 113 Å². The van der Waals surface area contributed by atoms with Crippen LogP contribution in [0.15, 0.2) is 24.3 Å². The lowest BCUT2D eigenvalue weighted by atomic mass is 9.87. The van der Waals surface area contributed by atoms with Crippen molar-refractivity contribution in [1.29, 1.82) is 0 Å². The van der Waals surface area contributed by atoms with Crippen LogP contribution in [0.2, 0.25) is 0 Å². The molecule has 0 aliphatic heterocycles. The summed E-state index contributed by atoms with van der Waals surface area (Å²) in [4.78, 5) is 12.0. The molecule has 0 saturated heterocycles. The molecule has 2 heteroatoms. The Hall–Kier alpha value is -0.630. The summed E-state index contributed by atoms with van der Waals surface area (Å²) in [5, 5.41) is 0. The molecule has 0 aromatic heterocycles. The molecule has 17 heavy (non-hydrogen) atoms. The van der Waals surface area contributed by atoms with Crippen LogP contribution in [0, 0.1) is 5.41 Å². The molecule has 0 aliphatic carbocycles. The van der Waals surface area contributed by atoms with Gasteiger partial charge in [0.25, 0.3) is 0 Å². The van der Waals surface area contributed by atoms with Crippen molar-refractivity contribution in [3.8, 4) is 0 Å². The molecule has 94 valence electrons. The van der Waals surface area contributed by atoms with Gasteiger partial charge in [0, 0.05) is 5.41 Å². The molecule has 1 aromatic carbocycles. The van der Waals surface area contributed by atoms with E-state index in [2.05, 4.69) is 47.1 Å². The molecule has 0 spiro atoms. The number of ketones is 1. The molecule has 1 unspecified atom stereocenters. The summed E-state index contributed by atoms with van der Waals surface area (Å²) < 4.78 is 0. The third kappa shape index (κ3) is 4.27. The number of aryl methyl sites for hydroxylation is 1. The van der Waals surface area contributed by atoms with E-state index in [1.807, 2.05) is 20.8 Å². The molecule has 0 radical (unpaired) electrons. The zero-order chi connectivity index (χ0) is 13.1. The summed E-state index contributed by atoms with van der Waals surface area (Å²) in [6, 6.07) is 8.46. The predicted molar refractivity (Wildman–Crippen MR) is 76.7 cm³/mol. The number of alkyl halides is 1. The second-order valence-corrected chi connectivity index (χ2v) is 6.56. The molecule has 0 saturated carbocycles. The molecule has 0 aliphatic rings. The van der Waals surface area contributed by atoms with Gasteiger partial charge in [-0.05, 0) is 24.0 Å². The first-order chi connectivity index (χ1) is 7.84. The van der Waals surface area contributed by atoms with Gasteiger partial charge in [-0.2, -0.15) is 0 Å². The largest absolute Gasteiger partial charge is 0.298 e. The Bertz CT molecular complexity index is 390. The average molecular weight is 297 g/mol. The van der Waals surface area contributed by atoms with E-state index in [4.69, 9.17) is 0 Å². The van der Waals surface area contributed by atoms with Gasteiger partial charge >= 0.3 is 0 Å². The van der Waals surface area contributed by atoms with Crippen LogP contribution in [-0.4, -0.2) is 10.6 Å². The van der Waals surface area contributed by atoms with Crippen molar-refractivity contribution in [2.75, 3.05) is 0 Å². The van der Waals surface area contributed by atoms with Crippen molar-refractivity contribution in [2.24, 2.45) is 5.41 Å². The third-order valence-corrected chi connectivity index (χ3v) is 3.58. The number of benzene rings is 1. The highest BCUT2D eigenvalue weighted by Crippen LogP contribution is 2.23. The minimum atomic E-state index is -0.281. The molecule has 1 nitrogen and oxygen atoms in total. The second-order valence-electron chi connectivity index (χ2n) is 5.46. The average Bonchev–Trinajstić information content (AvgIpc) is 2.27. The molecule has 1 rings (SSSR count). The van der Waals surface area contributed by atoms with Gasteiger partial charge in [-0.15, -0.1) is 0 Å². The van der Waals surface area contributed by atoms with Crippen molar-refractivity contribution in [3.63, 3.8) is 0 Å². The van der Waals surface area contributed by atoms with Gasteiger partial charge in [0.05, 0.1) is 4.83 Å². The summed E-state index contributed by atoms with van der Waals surface area (Å²) in [5.41, 5.74) is 2.27. The Kier molecular flexibility index (Phi) is 4.93. The van der Waals surface area contributed by atoms with Crippen LogP contribution in [0.4, 0.5) is 0 Å². The summed E-state index contributed by atoms with van der Waals surface area (Å²) in [5.74, 6) is 0.263. The maximum atomic E-state index is 12.1. The number of hydrogen-bond acceptors (Lipinski definition) is 1. The van der Waals surface area contributed by atoms with Crippen molar-refractivity contribution >= 4 is 21.7 Å². The maximum absolute atomic E-state index is 12.1. The highest BCUT2D eigenvalue weighted by atomic mass is 79.9. The smallest absolute Gasteiger partial charge is 0.152 e. The van der Waals surface area contributed by atoms with Gasteiger partial charge < -0.3 is 0 Å². The van der Waals surface area contributed by atoms with Crippen LogP contribution in [0.25, 0.3) is 0 Å². The minimum Gasteiger partial charge on any atom is -0.298 e. The summed E-state index contributed by atoms with van der Waals surface area (Å²) in [6.07, 6.45) is 1.80. The van der Waals surface area contributed by atoms with E-state index in [1.54, 1.807) is 0 Å². The van der Waals surface area contributed by atoms with Gasteiger partial charge in [-0.3, -0.25) is 4.79 Å². The fourth-order valence-electron chi connectivity index (χ4n) is 1.75. The van der Waals surface area contributed by atoms with E-state index >= 15 is 0 Å². The summed E-state index contributed by atoms with van der Waals surface area (Å²) in [7, 11) is 0. The van der Waals surface area contributed by atoms with Gasteiger partial charge in [0.2, 0.25) is 0 Å². The summed E-state index contributed by atoms with van der Waals surface area (Å²) in [6.45, 7) is 8.04. The Morgan fingerprint density at radius 3 is 2.41 bits per heavy atom.